The van der Waals surface area contributed by atoms with Crippen molar-refractivity contribution in [1.29, 1.82) is 0 Å². The summed E-state index contributed by atoms with van der Waals surface area (Å²) in [6.45, 7) is 2.16. The van der Waals surface area contributed by atoms with Gasteiger partial charge in [-0.1, -0.05) is 0 Å². The van der Waals surface area contributed by atoms with Crippen LogP contribution >= 0.6 is 0 Å². The van der Waals surface area contributed by atoms with E-state index in [1.54, 1.807) is 35.3 Å². The number of hydrogen-bond acceptors (Lipinski definition) is 6. The maximum absolute atomic E-state index is 11.6. The van der Waals surface area contributed by atoms with E-state index >= 15 is 0 Å². The lowest BCUT2D eigenvalue weighted by atomic mass is 10.0. The Bertz CT molecular complexity index is 487. The number of benzene rings is 1. The van der Waals surface area contributed by atoms with Crippen LogP contribution in [0.25, 0.3) is 0 Å². The molecular formula is C15H23NO5. The third-order valence-electron chi connectivity index (χ3n) is 3.09. The van der Waals surface area contributed by atoms with E-state index in [4.69, 9.17) is 18.9 Å². The van der Waals surface area contributed by atoms with Crippen molar-refractivity contribution >= 4 is 11.7 Å². The third-order valence-corrected chi connectivity index (χ3v) is 3.09. The topological polar surface area (TPSA) is 66.0 Å². The van der Waals surface area contributed by atoms with Crippen LogP contribution in [0.2, 0.25) is 0 Å². The highest BCUT2D eigenvalue weighted by atomic mass is 16.5. The number of hydrogen-bond donors (Lipinski definition) is 1. The molecule has 1 rings (SSSR count). The Morgan fingerprint density at radius 1 is 1.14 bits per heavy atom. The predicted molar refractivity (Wildman–Crippen MR) is 80.6 cm³/mol. The molecule has 6 heteroatoms. The van der Waals surface area contributed by atoms with E-state index in [2.05, 4.69) is 5.32 Å². The maximum Gasteiger partial charge on any atom is 0.306 e. The summed E-state index contributed by atoms with van der Waals surface area (Å²) < 4.78 is 21.1. The minimum atomic E-state index is -0.239. The highest BCUT2D eigenvalue weighted by Crippen LogP contribution is 2.44. The first-order valence-electron chi connectivity index (χ1n) is 6.78. The van der Waals surface area contributed by atoms with E-state index in [0.717, 1.165) is 11.3 Å². The molecule has 1 N–H and O–H groups in total. The highest BCUT2D eigenvalue weighted by molar-refractivity contribution is 5.73. The van der Waals surface area contributed by atoms with Crippen molar-refractivity contribution in [2.45, 2.75) is 19.8 Å². The van der Waals surface area contributed by atoms with Crippen molar-refractivity contribution in [1.82, 2.24) is 0 Å². The Kier molecular flexibility index (Phi) is 6.65. The van der Waals surface area contributed by atoms with Gasteiger partial charge in [-0.05, 0) is 13.3 Å². The Morgan fingerprint density at radius 2 is 1.81 bits per heavy atom. The number of carbonyl (C=O) groups excluding carboxylic acids is 1. The zero-order valence-electron chi connectivity index (χ0n) is 13.2. The van der Waals surface area contributed by atoms with Crippen molar-refractivity contribution in [3.63, 3.8) is 0 Å². The molecule has 0 heterocycles. The van der Waals surface area contributed by atoms with Gasteiger partial charge < -0.3 is 24.3 Å². The Labute approximate surface area is 125 Å². The fourth-order valence-electron chi connectivity index (χ4n) is 2.15. The van der Waals surface area contributed by atoms with Crippen molar-refractivity contribution < 1.29 is 23.7 Å². The standard InChI is InChI=1S/C15H23NO5/c1-6-21-13(17)8-7-10-11(16-2)9-12(18-3)15(20-5)14(10)19-4/h9,16H,6-8H2,1-5H3. The molecule has 0 amide bonds. The van der Waals surface area contributed by atoms with Crippen molar-refractivity contribution in [2.24, 2.45) is 0 Å². The second-order valence-corrected chi connectivity index (χ2v) is 4.23. The monoisotopic (exact) mass is 297 g/mol. The average molecular weight is 297 g/mol. The van der Waals surface area contributed by atoms with Gasteiger partial charge in [-0.25, -0.2) is 0 Å². The molecule has 0 fully saturated rings. The van der Waals surface area contributed by atoms with Crippen LogP contribution in [0.4, 0.5) is 5.69 Å². The average Bonchev–Trinajstić information content (AvgIpc) is 2.51. The van der Waals surface area contributed by atoms with E-state index in [-0.39, 0.29) is 12.4 Å². The molecule has 0 aliphatic rings. The first-order chi connectivity index (χ1) is 10.1. The SMILES string of the molecule is CCOC(=O)CCc1c(NC)cc(OC)c(OC)c1OC. The van der Waals surface area contributed by atoms with Crippen molar-refractivity contribution in [3.05, 3.63) is 11.6 Å². The van der Waals surface area contributed by atoms with Crippen LogP contribution in [-0.2, 0) is 16.0 Å². The highest BCUT2D eigenvalue weighted by Gasteiger charge is 2.20. The number of rotatable bonds is 8. The van der Waals surface area contributed by atoms with Gasteiger partial charge in [0, 0.05) is 30.8 Å². The van der Waals surface area contributed by atoms with Gasteiger partial charge in [-0.2, -0.15) is 0 Å². The summed E-state index contributed by atoms with van der Waals surface area (Å²) in [4.78, 5) is 11.6. The van der Waals surface area contributed by atoms with Crippen LogP contribution in [0.3, 0.4) is 0 Å². The van der Waals surface area contributed by atoms with Gasteiger partial charge in [0.05, 0.1) is 27.9 Å². The Balaban J connectivity index is 3.18. The molecule has 118 valence electrons. The summed E-state index contributed by atoms with van der Waals surface area (Å²) >= 11 is 0. The second-order valence-electron chi connectivity index (χ2n) is 4.23. The van der Waals surface area contributed by atoms with Crippen LogP contribution in [0.15, 0.2) is 6.07 Å². The number of carbonyl (C=O) groups is 1. The number of nitrogens with one attached hydrogen (secondary N) is 1. The van der Waals surface area contributed by atoms with Gasteiger partial charge in [0.25, 0.3) is 0 Å². The van der Waals surface area contributed by atoms with Gasteiger partial charge in [-0.3, -0.25) is 4.79 Å². The number of ether oxygens (including phenoxy) is 4. The molecule has 0 unspecified atom stereocenters. The fraction of sp³-hybridized carbons (Fsp3) is 0.533. The van der Waals surface area contributed by atoms with Gasteiger partial charge in [0.15, 0.2) is 11.5 Å². The summed E-state index contributed by atoms with van der Waals surface area (Å²) in [6.07, 6.45) is 0.757. The van der Waals surface area contributed by atoms with Gasteiger partial charge in [0.1, 0.15) is 0 Å². The second kappa shape index (κ2) is 8.24. The molecule has 1 aromatic rings. The zero-order chi connectivity index (χ0) is 15.8. The molecule has 0 aliphatic carbocycles. The van der Waals surface area contributed by atoms with Gasteiger partial charge in [-0.15, -0.1) is 0 Å². The molecule has 0 aromatic heterocycles. The summed E-state index contributed by atoms with van der Waals surface area (Å²) in [6, 6.07) is 1.82. The summed E-state index contributed by atoms with van der Waals surface area (Å²) in [7, 11) is 6.47. The summed E-state index contributed by atoms with van der Waals surface area (Å²) in [5, 5.41) is 3.08. The fourth-order valence-corrected chi connectivity index (χ4v) is 2.15. The number of esters is 1. The van der Waals surface area contributed by atoms with E-state index < -0.39 is 0 Å². The van der Waals surface area contributed by atoms with Crippen molar-refractivity contribution in [3.8, 4) is 17.2 Å². The normalized spacial score (nSPS) is 9.95. The minimum Gasteiger partial charge on any atom is -0.493 e. The van der Waals surface area contributed by atoms with E-state index in [1.165, 1.54) is 0 Å². The molecule has 6 nitrogen and oxygen atoms in total. The van der Waals surface area contributed by atoms with Crippen LogP contribution < -0.4 is 19.5 Å². The molecular weight excluding hydrogens is 274 g/mol. The van der Waals surface area contributed by atoms with Gasteiger partial charge >= 0.3 is 5.97 Å². The first-order valence-corrected chi connectivity index (χ1v) is 6.78. The molecule has 21 heavy (non-hydrogen) atoms. The molecule has 0 atom stereocenters. The summed E-state index contributed by atoms with van der Waals surface area (Å²) in [5.74, 6) is 1.40. The largest absolute Gasteiger partial charge is 0.493 e. The van der Waals surface area contributed by atoms with E-state index in [0.29, 0.717) is 30.3 Å². The molecule has 1 aromatic carbocycles. The Morgan fingerprint density at radius 3 is 2.29 bits per heavy atom. The lowest BCUT2D eigenvalue weighted by molar-refractivity contribution is -0.143. The minimum absolute atomic E-state index is 0.239. The van der Waals surface area contributed by atoms with Crippen LogP contribution in [-0.4, -0.2) is 41.0 Å². The molecule has 0 saturated carbocycles. The van der Waals surface area contributed by atoms with Crippen LogP contribution in [0.1, 0.15) is 18.9 Å². The van der Waals surface area contributed by atoms with E-state index in [9.17, 15) is 4.79 Å². The molecule has 0 spiro atoms. The molecule has 0 radical (unpaired) electrons. The lowest BCUT2D eigenvalue weighted by Gasteiger charge is -2.19. The summed E-state index contributed by atoms with van der Waals surface area (Å²) in [5.41, 5.74) is 1.68. The molecule has 0 bridgehead atoms. The molecule has 0 aliphatic heterocycles. The smallest absolute Gasteiger partial charge is 0.306 e. The number of anilines is 1. The quantitative estimate of drug-likeness (QED) is 0.742. The van der Waals surface area contributed by atoms with Crippen LogP contribution in [0.5, 0.6) is 17.2 Å². The van der Waals surface area contributed by atoms with Gasteiger partial charge in [0.2, 0.25) is 5.75 Å². The zero-order valence-corrected chi connectivity index (χ0v) is 13.2. The van der Waals surface area contributed by atoms with Crippen molar-refractivity contribution in [2.75, 3.05) is 40.3 Å². The Hall–Kier alpha value is -2.11. The van der Waals surface area contributed by atoms with Crippen LogP contribution in [0, 0.1) is 0 Å². The maximum atomic E-state index is 11.6. The predicted octanol–water partition coefficient (Wildman–Crippen LogP) is 2.25. The third kappa shape index (κ3) is 3.93. The first kappa shape index (κ1) is 16.9. The van der Waals surface area contributed by atoms with E-state index in [1.807, 2.05) is 6.07 Å². The lowest BCUT2D eigenvalue weighted by Crippen LogP contribution is -2.08. The number of methoxy groups -OCH3 is 3. The molecule has 0 saturated heterocycles.